The molecule has 0 radical (unpaired) electrons. The Morgan fingerprint density at radius 3 is 2.87 bits per heavy atom. The van der Waals surface area contributed by atoms with Gasteiger partial charge in [-0.3, -0.25) is 9.69 Å². The fraction of sp³-hybridized carbons (Fsp3) is 0.765. The van der Waals surface area contributed by atoms with Crippen LogP contribution in [0.5, 0.6) is 0 Å². The molecule has 1 aromatic heterocycles. The SMILES string of the molecule is Cc1noc(C)c1CN1C[C@H]2C[C@@H](C1)N(C(=O)[C@H]1CCCO1)C2. The molecule has 6 heteroatoms. The lowest BCUT2D eigenvalue weighted by Crippen LogP contribution is -2.46. The highest BCUT2D eigenvalue weighted by atomic mass is 16.5. The van der Waals surface area contributed by atoms with Crippen LogP contribution in [-0.2, 0) is 16.1 Å². The first-order valence-electron chi connectivity index (χ1n) is 8.68. The molecule has 4 heterocycles. The van der Waals surface area contributed by atoms with Crippen LogP contribution >= 0.6 is 0 Å². The third kappa shape index (κ3) is 2.78. The molecule has 3 saturated heterocycles. The van der Waals surface area contributed by atoms with Crippen LogP contribution in [0.25, 0.3) is 0 Å². The van der Waals surface area contributed by atoms with Crippen LogP contribution < -0.4 is 0 Å². The summed E-state index contributed by atoms with van der Waals surface area (Å²) in [5, 5.41) is 4.05. The maximum Gasteiger partial charge on any atom is 0.252 e. The van der Waals surface area contributed by atoms with E-state index in [4.69, 9.17) is 9.26 Å². The van der Waals surface area contributed by atoms with Crippen molar-refractivity contribution in [3.05, 3.63) is 17.0 Å². The Labute approximate surface area is 136 Å². The fourth-order valence-electron chi connectivity index (χ4n) is 4.36. The zero-order valence-electron chi connectivity index (χ0n) is 14.0. The molecule has 0 aliphatic carbocycles. The van der Waals surface area contributed by atoms with Gasteiger partial charge < -0.3 is 14.2 Å². The first-order valence-corrected chi connectivity index (χ1v) is 8.68. The molecule has 6 nitrogen and oxygen atoms in total. The highest BCUT2D eigenvalue weighted by Gasteiger charge is 2.43. The summed E-state index contributed by atoms with van der Waals surface area (Å²) >= 11 is 0. The van der Waals surface area contributed by atoms with E-state index in [2.05, 4.69) is 15.0 Å². The number of aromatic nitrogens is 1. The Morgan fingerprint density at radius 2 is 2.17 bits per heavy atom. The summed E-state index contributed by atoms with van der Waals surface area (Å²) in [5.41, 5.74) is 2.18. The molecule has 2 bridgehead atoms. The number of carbonyl (C=O) groups excluding carboxylic acids is 1. The summed E-state index contributed by atoms with van der Waals surface area (Å²) < 4.78 is 10.9. The zero-order chi connectivity index (χ0) is 16.0. The molecular formula is C17H25N3O3. The minimum atomic E-state index is -0.189. The average molecular weight is 319 g/mol. The van der Waals surface area contributed by atoms with Crippen molar-refractivity contribution < 1.29 is 14.1 Å². The largest absolute Gasteiger partial charge is 0.368 e. The van der Waals surface area contributed by atoms with Crippen molar-refractivity contribution in [3.63, 3.8) is 0 Å². The van der Waals surface area contributed by atoms with Gasteiger partial charge in [0.05, 0.1) is 5.69 Å². The molecule has 3 aliphatic heterocycles. The number of hydrogen-bond acceptors (Lipinski definition) is 5. The van der Waals surface area contributed by atoms with Crippen LogP contribution in [0.3, 0.4) is 0 Å². The van der Waals surface area contributed by atoms with Gasteiger partial charge in [0.1, 0.15) is 11.9 Å². The van der Waals surface area contributed by atoms with E-state index in [1.54, 1.807) is 0 Å². The Balaban J connectivity index is 1.43. The second kappa shape index (κ2) is 5.91. The molecule has 0 saturated carbocycles. The lowest BCUT2D eigenvalue weighted by molar-refractivity contribution is -0.141. The minimum Gasteiger partial charge on any atom is -0.368 e. The zero-order valence-corrected chi connectivity index (χ0v) is 14.0. The van der Waals surface area contributed by atoms with Crippen LogP contribution in [-0.4, -0.2) is 59.3 Å². The van der Waals surface area contributed by atoms with Crippen molar-refractivity contribution in [3.8, 4) is 0 Å². The summed E-state index contributed by atoms with van der Waals surface area (Å²) in [6.07, 6.45) is 2.84. The van der Waals surface area contributed by atoms with E-state index in [1.165, 1.54) is 5.56 Å². The van der Waals surface area contributed by atoms with E-state index in [1.807, 2.05) is 13.8 Å². The van der Waals surface area contributed by atoms with Gasteiger partial charge in [-0.2, -0.15) is 0 Å². The molecule has 3 atom stereocenters. The summed E-state index contributed by atoms with van der Waals surface area (Å²) in [5.74, 6) is 1.71. The smallest absolute Gasteiger partial charge is 0.252 e. The van der Waals surface area contributed by atoms with Crippen LogP contribution in [0.15, 0.2) is 4.52 Å². The Hall–Kier alpha value is -1.40. The van der Waals surface area contributed by atoms with E-state index in [9.17, 15) is 4.79 Å². The predicted molar refractivity (Wildman–Crippen MR) is 83.8 cm³/mol. The topological polar surface area (TPSA) is 58.8 Å². The van der Waals surface area contributed by atoms with Crippen molar-refractivity contribution in [1.29, 1.82) is 0 Å². The quantitative estimate of drug-likeness (QED) is 0.845. The molecule has 3 aliphatic rings. The molecule has 23 heavy (non-hydrogen) atoms. The van der Waals surface area contributed by atoms with Crippen LogP contribution in [0.4, 0.5) is 0 Å². The number of carbonyl (C=O) groups is 1. The maximum absolute atomic E-state index is 12.7. The molecule has 0 aromatic carbocycles. The molecule has 3 fully saturated rings. The van der Waals surface area contributed by atoms with Gasteiger partial charge >= 0.3 is 0 Å². The number of aryl methyl sites for hydroxylation is 2. The van der Waals surface area contributed by atoms with Crippen molar-refractivity contribution in [2.45, 2.75) is 51.8 Å². The van der Waals surface area contributed by atoms with Gasteiger partial charge in [0.15, 0.2) is 0 Å². The number of amides is 1. The van der Waals surface area contributed by atoms with Crippen molar-refractivity contribution >= 4 is 5.91 Å². The van der Waals surface area contributed by atoms with Crippen LogP contribution in [0, 0.1) is 19.8 Å². The van der Waals surface area contributed by atoms with Gasteiger partial charge in [0.25, 0.3) is 5.91 Å². The summed E-state index contributed by atoms with van der Waals surface area (Å²) in [4.78, 5) is 17.2. The van der Waals surface area contributed by atoms with Crippen molar-refractivity contribution in [2.24, 2.45) is 5.92 Å². The van der Waals surface area contributed by atoms with Crippen LogP contribution in [0.1, 0.15) is 36.3 Å². The number of piperidine rings is 1. The summed E-state index contributed by atoms with van der Waals surface area (Å²) in [7, 11) is 0. The molecule has 126 valence electrons. The highest BCUT2D eigenvalue weighted by Crippen LogP contribution is 2.32. The lowest BCUT2D eigenvalue weighted by atomic mass is 9.99. The molecule has 1 aromatic rings. The normalized spacial score (nSPS) is 31.0. The fourth-order valence-corrected chi connectivity index (χ4v) is 4.36. The average Bonchev–Trinajstić information content (AvgIpc) is 3.23. The third-order valence-electron chi connectivity index (χ3n) is 5.54. The Bertz CT molecular complexity index is 574. The van der Waals surface area contributed by atoms with E-state index >= 15 is 0 Å². The van der Waals surface area contributed by atoms with Gasteiger partial charge in [-0.15, -0.1) is 0 Å². The monoisotopic (exact) mass is 319 g/mol. The predicted octanol–water partition coefficient (Wildman–Crippen LogP) is 1.50. The molecular weight excluding hydrogens is 294 g/mol. The Morgan fingerprint density at radius 1 is 1.30 bits per heavy atom. The standard InChI is InChI=1S/C17H25N3O3/c1-11-15(12(2)23-18-11)10-19-7-13-6-14(9-19)20(8-13)17(21)16-4-3-5-22-16/h13-14,16H,3-10H2,1-2H3/t13-,14+,16-/m1/s1. The summed E-state index contributed by atoms with van der Waals surface area (Å²) in [6.45, 7) is 8.46. The first-order chi connectivity index (χ1) is 11.1. The number of hydrogen-bond donors (Lipinski definition) is 0. The third-order valence-corrected chi connectivity index (χ3v) is 5.54. The van der Waals surface area contributed by atoms with E-state index < -0.39 is 0 Å². The van der Waals surface area contributed by atoms with E-state index in [0.29, 0.717) is 12.0 Å². The first kappa shape index (κ1) is 15.1. The Kier molecular flexibility index (Phi) is 3.89. The van der Waals surface area contributed by atoms with Crippen molar-refractivity contribution in [2.75, 3.05) is 26.2 Å². The number of rotatable bonds is 3. The van der Waals surface area contributed by atoms with E-state index in [0.717, 1.165) is 63.5 Å². The minimum absolute atomic E-state index is 0.189. The molecule has 0 unspecified atom stereocenters. The molecule has 0 N–H and O–H groups in total. The van der Waals surface area contributed by atoms with Crippen LogP contribution in [0.2, 0.25) is 0 Å². The lowest BCUT2D eigenvalue weighted by Gasteiger charge is -2.33. The second-order valence-electron chi connectivity index (χ2n) is 7.24. The molecule has 0 spiro atoms. The number of ether oxygens (including phenoxy) is 1. The van der Waals surface area contributed by atoms with Gasteiger partial charge in [0.2, 0.25) is 0 Å². The van der Waals surface area contributed by atoms with Gasteiger partial charge in [-0.1, -0.05) is 5.16 Å². The second-order valence-corrected chi connectivity index (χ2v) is 7.24. The van der Waals surface area contributed by atoms with Gasteiger partial charge in [0, 0.05) is 44.4 Å². The van der Waals surface area contributed by atoms with E-state index in [-0.39, 0.29) is 12.0 Å². The summed E-state index contributed by atoms with van der Waals surface area (Å²) in [6, 6.07) is 0.339. The maximum atomic E-state index is 12.7. The highest BCUT2D eigenvalue weighted by molar-refractivity contribution is 5.81. The van der Waals surface area contributed by atoms with Crippen molar-refractivity contribution in [1.82, 2.24) is 15.0 Å². The number of likely N-dealkylation sites (tertiary alicyclic amines) is 2. The van der Waals surface area contributed by atoms with Gasteiger partial charge in [-0.05, 0) is 39.0 Å². The molecule has 1 amide bonds. The van der Waals surface area contributed by atoms with Gasteiger partial charge in [-0.25, -0.2) is 0 Å². The molecule has 4 rings (SSSR count). The number of nitrogens with zero attached hydrogens (tertiary/aromatic N) is 3. The number of fused-ring (bicyclic) bond motifs is 2.